The van der Waals surface area contributed by atoms with Gasteiger partial charge in [0.15, 0.2) is 0 Å². The summed E-state index contributed by atoms with van der Waals surface area (Å²) in [6, 6.07) is 20.9. The van der Waals surface area contributed by atoms with Crippen LogP contribution in [0.4, 0.5) is 0 Å². The van der Waals surface area contributed by atoms with Crippen LogP contribution in [-0.4, -0.2) is 0 Å². The summed E-state index contributed by atoms with van der Waals surface area (Å²) < 4.78 is 0. The van der Waals surface area contributed by atoms with E-state index < -0.39 is 0 Å². The third kappa shape index (κ3) is 3.34. The van der Waals surface area contributed by atoms with Crippen molar-refractivity contribution < 1.29 is 0 Å². The number of rotatable bonds is 5. The Kier molecular flexibility index (Phi) is 4.96. The van der Waals surface area contributed by atoms with Crippen LogP contribution in [0.25, 0.3) is 0 Å². The lowest BCUT2D eigenvalue weighted by molar-refractivity contribution is 0.552. The van der Waals surface area contributed by atoms with Crippen LogP contribution < -0.4 is 0 Å². The third-order valence-electron chi connectivity index (χ3n) is 4.88. The van der Waals surface area contributed by atoms with Gasteiger partial charge in [0.1, 0.15) is 0 Å². The molecule has 0 saturated carbocycles. The average molecular weight is 313 g/mol. The molecular formula is C23H23N. The van der Waals surface area contributed by atoms with Crippen LogP contribution in [0, 0.1) is 11.3 Å². The lowest BCUT2D eigenvalue weighted by Crippen LogP contribution is -2.23. The maximum absolute atomic E-state index is 8.94. The molecule has 2 aromatic rings. The smallest absolute Gasteiger partial charge is 0.0991 e. The molecular weight excluding hydrogens is 290 g/mol. The lowest BCUT2D eigenvalue weighted by atomic mass is 9.72. The number of unbranched alkanes of at least 4 members (excludes halogenated alkanes) is 1. The Morgan fingerprint density at radius 3 is 2.21 bits per heavy atom. The first-order chi connectivity index (χ1) is 11.8. The summed E-state index contributed by atoms with van der Waals surface area (Å²) in [4.78, 5) is 0. The lowest BCUT2D eigenvalue weighted by Gasteiger charge is -2.32. The molecule has 0 amide bonds. The van der Waals surface area contributed by atoms with Gasteiger partial charge in [0, 0.05) is 11.3 Å². The van der Waals surface area contributed by atoms with Crippen LogP contribution in [0.3, 0.4) is 0 Å². The van der Waals surface area contributed by atoms with E-state index in [0.717, 1.165) is 6.42 Å². The van der Waals surface area contributed by atoms with Crippen molar-refractivity contribution >= 4 is 0 Å². The predicted octanol–water partition coefficient (Wildman–Crippen LogP) is 5.90. The Morgan fingerprint density at radius 1 is 0.958 bits per heavy atom. The molecule has 0 aromatic heterocycles. The third-order valence-corrected chi connectivity index (χ3v) is 4.88. The number of nitrogens with zero attached hydrogens (tertiary/aromatic N) is 1. The first kappa shape index (κ1) is 16.3. The van der Waals surface area contributed by atoms with Gasteiger partial charge in [-0.25, -0.2) is 0 Å². The largest absolute Gasteiger partial charge is 0.192 e. The van der Waals surface area contributed by atoms with Crippen molar-refractivity contribution in [3.63, 3.8) is 0 Å². The zero-order valence-corrected chi connectivity index (χ0v) is 14.2. The molecule has 1 heteroatoms. The second-order valence-electron chi connectivity index (χ2n) is 6.49. The molecule has 0 atom stereocenters. The summed E-state index contributed by atoms with van der Waals surface area (Å²) in [5.74, 6) is 0.288. The minimum absolute atomic E-state index is 0.0143. The zero-order chi connectivity index (χ0) is 16.8. The van der Waals surface area contributed by atoms with Crippen molar-refractivity contribution in [1.29, 1.82) is 5.26 Å². The molecule has 0 saturated heterocycles. The zero-order valence-electron chi connectivity index (χ0n) is 14.2. The minimum Gasteiger partial charge on any atom is -0.192 e. The normalized spacial score (nSPS) is 22.2. The molecule has 1 aliphatic rings. The van der Waals surface area contributed by atoms with Crippen molar-refractivity contribution in [3.05, 3.63) is 95.6 Å². The van der Waals surface area contributed by atoms with Gasteiger partial charge in [-0.1, -0.05) is 86.5 Å². The van der Waals surface area contributed by atoms with Crippen molar-refractivity contribution in [2.75, 3.05) is 0 Å². The molecule has 0 bridgehead atoms. The maximum atomic E-state index is 8.94. The first-order valence-corrected chi connectivity index (χ1v) is 8.72. The van der Waals surface area contributed by atoms with Crippen LogP contribution in [-0.2, 0) is 5.41 Å². The van der Waals surface area contributed by atoms with E-state index in [1.165, 1.54) is 24.0 Å². The standard InChI is InChI=1S/C23H23N/c1-2-3-15-23(22-7-5-4-6-8-22)16-13-21(14-17-23)20-11-9-19(18-24)10-12-20/h4-14,16-17,21H,2-3,15H2,1H3. The monoisotopic (exact) mass is 313 g/mol. The molecule has 1 nitrogen and oxygen atoms in total. The molecule has 0 heterocycles. The Labute approximate surface area is 145 Å². The van der Waals surface area contributed by atoms with Gasteiger partial charge in [0.2, 0.25) is 0 Å². The second-order valence-corrected chi connectivity index (χ2v) is 6.49. The number of allylic oxidation sites excluding steroid dienone is 4. The number of hydrogen-bond donors (Lipinski definition) is 0. The summed E-state index contributed by atoms with van der Waals surface area (Å²) in [5.41, 5.74) is 3.33. The Bertz CT molecular complexity index is 746. The van der Waals surface area contributed by atoms with Crippen LogP contribution in [0.2, 0.25) is 0 Å². The molecule has 0 N–H and O–H groups in total. The van der Waals surface area contributed by atoms with E-state index in [9.17, 15) is 0 Å². The second kappa shape index (κ2) is 7.32. The quantitative estimate of drug-likeness (QED) is 0.631. The van der Waals surface area contributed by atoms with Gasteiger partial charge in [0.25, 0.3) is 0 Å². The van der Waals surface area contributed by atoms with E-state index in [-0.39, 0.29) is 11.3 Å². The Balaban J connectivity index is 1.87. The molecule has 1 aliphatic carbocycles. The molecule has 2 aromatic carbocycles. The number of benzene rings is 2. The van der Waals surface area contributed by atoms with E-state index in [1.54, 1.807) is 0 Å². The van der Waals surface area contributed by atoms with Gasteiger partial charge in [-0.3, -0.25) is 0 Å². The van der Waals surface area contributed by atoms with Crippen molar-refractivity contribution in [2.24, 2.45) is 0 Å². The SMILES string of the molecule is CCCCC1(c2ccccc2)C=CC(c2ccc(C#N)cc2)C=C1. The van der Waals surface area contributed by atoms with E-state index in [0.29, 0.717) is 5.56 Å². The van der Waals surface area contributed by atoms with Crippen LogP contribution in [0.1, 0.15) is 48.8 Å². The van der Waals surface area contributed by atoms with Gasteiger partial charge in [0.05, 0.1) is 11.6 Å². The van der Waals surface area contributed by atoms with E-state index in [4.69, 9.17) is 5.26 Å². The van der Waals surface area contributed by atoms with Crippen molar-refractivity contribution in [1.82, 2.24) is 0 Å². The molecule has 3 rings (SSSR count). The molecule has 0 aliphatic heterocycles. The van der Waals surface area contributed by atoms with Crippen LogP contribution in [0.15, 0.2) is 78.9 Å². The first-order valence-electron chi connectivity index (χ1n) is 8.72. The maximum Gasteiger partial charge on any atom is 0.0991 e. The molecule has 0 radical (unpaired) electrons. The van der Waals surface area contributed by atoms with Gasteiger partial charge < -0.3 is 0 Å². The summed E-state index contributed by atoms with van der Waals surface area (Å²) in [6.45, 7) is 2.24. The Morgan fingerprint density at radius 2 is 1.62 bits per heavy atom. The van der Waals surface area contributed by atoms with E-state index in [2.05, 4.69) is 79.8 Å². The highest BCUT2D eigenvalue weighted by Crippen LogP contribution is 2.38. The summed E-state index contributed by atoms with van der Waals surface area (Å²) >= 11 is 0. The summed E-state index contributed by atoms with van der Waals surface area (Å²) in [6.07, 6.45) is 12.9. The Hall–Kier alpha value is -2.59. The minimum atomic E-state index is 0.0143. The van der Waals surface area contributed by atoms with Crippen molar-refractivity contribution in [3.8, 4) is 6.07 Å². The fraction of sp³-hybridized carbons (Fsp3) is 0.261. The highest BCUT2D eigenvalue weighted by Gasteiger charge is 2.28. The summed E-state index contributed by atoms with van der Waals surface area (Å²) in [5, 5.41) is 8.94. The molecule has 120 valence electrons. The molecule has 0 spiro atoms. The molecule has 0 fully saturated rings. The predicted molar refractivity (Wildman–Crippen MR) is 99.8 cm³/mol. The van der Waals surface area contributed by atoms with Gasteiger partial charge >= 0.3 is 0 Å². The van der Waals surface area contributed by atoms with Crippen molar-refractivity contribution in [2.45, 2.75) is 37.5 Å². The summed E-state index contributed by atoms with van der Waals surface area (Å²) in [7, 11) is 0. The topological polar surface area (TPSA) is 23.8 Å². The van der Waals surface area contributed by atoms with Gasteiger partial charge in [-0.05, 0) is 29.7 Å². The highest BCUT2D eigenvalue weighted by molar-refractivity contribution is 5.44. The fourth-order valence-electron chi connectivity index (χ4n) is 3.39. The van der Waals surface area contributed by atoms with E-state index in [1.807, 2.05) is 12.1 Å². The van der Waals surface area contributed by atoms with Crippen LogP contribution in [0.5, 0.6) is 0 Å². The highest BCUT2D eigenvalue weighted by atomic mass is 14.3. The molecule has 24 heavy (non-hydrogen) atoms. The number of nitriles is 1. The van der Waals surface area contributed by atoms with Gasteiger partial charge in [-0.15, -0.1) is 0 Å². The molecule has 0 unspecified atom stereocenters. The van der Waals surface area contributed by atoms with Crippen LogP contribution >= 0.6 is 0 Å². The fourth-order valence-corrected chi connectivity index (χ4v) is 3.39. The number of hydrogen-bond acceptors (Lipinski definition) is 1. The van der Waals surface area contributed by atoms with Gasteiger partial charge in [-0.2, -0.15) is 5.26 Å². The van der Waals surface area contributed by atoms with E-state index >= 15 is 0 Å². The average Bonchev–Trinajstić information content (AvgIpc) is 2.67.